The van der Waals surface area contributed by atoms with Crippen molar-refractivity contribution in [2.24, 2.45) is 0 Å². The maximum Gasteiger partial charge on any atom is 0.229 e. The van der Waals surface area contributed by atoms with Gasteiger partial charge in [-0.3, -0.25) is 0 Å². The van der Waals surface area contributed by atoms with Gasteiger partial charge in [-0.05, 0) is 95.6 Å². The number of aromatic nitrogens is 2. The Kier molecular flexibility index (Phi) is 7.77. The van der Waals surface area contributed by atoms with E-state index in [0.717, 1.165) is 37.3 Å². The van der Waals surface area contributed by atoms with Gasteiger partial charge < -0.3 is 15.4 Å². The van der Waals surface area contributed by atoms with Crippen molar-refractivity contribution in [3.8, 4) is 12.1 Å². The standard InChI is InChI=1S/C24H21IN6O/c1-15-11-18(5-4-10-26)12-16(2)22(15)30-23-21(25)20(14-32-3)29-24(31-23)28-19-8-6-17(13-27)7-9-19/h4-9,11-12H,14H2,1-3H3,(H2,28,29,30,31). The Bertz CT molecular complexity index is 1220. The lowest BCUT2D eigenvalue weighted by Crippen LogP contribution is -2.09. The fourth-order valence-corrected chi connectivity index (χ4v) is 3.70. The monoisotopic (exact) mass is 536 g/mol. The van der Waals surface area contributed by atoms with Crippen molar-refractivity contribution in [1.82, 2.24) is 9.97 Å². The summed E-state index contributed by atoms with van der Waals surface area (Å²) < 4.78 is 6.19. The van der Waals surface area contributed by atoms with Gasteiger partial charge in [-0.2, -0.15) is 15.5 Å². The number of nitrogens with zero attached hydrogens (tertiary/aromatic N) is 4. The first-order chi connectivity index (χ1) is 15.4. The SMILES string of the molecule is COCc1nc(Nc2ccc(C#N)cc2)nc(Nc2c(C)cc(C=CC#N)cc2C)c1I. The van der Waals surface area contributed by atoms with E-state index in [1.807, 2.05) is 44.2 Å². The van der Waals surface area contributed by atoms with Crippen LogP contribution in [0.5, 0.6) is 0 Å². The van der Waals surface area contributed by atoms with Crippen LogP contribution in [-0.2, 0) is 11.3 Å². The highest BCUT2D eigenvalue weighted by atomic mass is 127. The average Bonchev–Trinajstić information content (AvgIpc) is 2.78. The molecule has 0 aliphatic carbocycles. The zero-order chi connectivity index (χ0) is 23.1. The number of halogens is 1. The van der Waals surface area contributed by atoms with E-state index in [1.165, 1.54) is 6.08 Å². The largest absolute Gasteiger partial charge is 0.378 e. The first-order valence-electron chi connectivity index (χ1n) is 9.72. The molecule has 8 heteroatoms. The van der Waals surface area contributed by atoms with Crippen molar-refractivity contribution < 1.29 is 4.74 Å². The van der Waals surface area contributed by atoms with Crippen molar-refractivity contribution in [3.63, 3.8) is 0 Å². The van der Waals surface area contributed by atoms with Crippen LogP contribution in [0.25, 0.3) is 6.08 Å². The van der Waals surface area contributed by atoms with Crippen LogP contribution in [0.1, 0.15) is 27.9 Å². The number of benzene rings is 2. The molecule has 0 fully saturated rings. The summed E-state index contributed by atoms with van der Waals surface area (Å²) in [7, 11) is 1.63. The summed E-state index contributed by atoms with van der Waals surface area (Å²) in [5.74, 6) is 1.09. The molecule has 2 aromatic carbocycles. The minimum atomic E-state index is 0.341. The molecule has 32 heavy (non-hydrogen) atoms. The smallest absolute Gasteiger partial charge is 0.229 e. The maximum absolute atomic E-state index is 8.99. The van der Waals surface area contributed by atoms with Crippen LogP contribution in [0.3, 0.4) is 0 Å². The molecule has 0 saturated heterocycles. The lowest BCUT2D eigenvalue weighted by molar-refractivity contribution is 0.181. The van der Waals surface area contributed by atoms with E-state index in [-0.39, 0.29) is 0 Å². The zero-order valence-corrected chi connectivity index (χ0v) is 20.1. The molecule has 0 unspecified atom stereocenters. The highest BCUT2D eigenvalue weighted by molar-refractivity contribution is 14.1. The summed E-state index contributed by atoms with van der Waals surface area (Å²) in [6, 6.07) is 15.3. The first-order valence-corrected chi connectivity index (χ1v) is 10.8. The van der Waals surface area contributed by atoms with Crippen LogP contribution >= 0.6 is 22.6 Å². The van der Waals surface area contributed by atoms with Crippen LogP contribution in [0.2, 0.25) is 0 Å². The Hall–Kier alpha value is -3.47. The predicted octanol–water partition coefficient (Wildman–Crippen LogP) is 5.74. The molecule has 3 aromatic rings. The van der Waals surface area contributed by atoms with Gasteiger partial charge in [-0.15, -0.1) is 0 Å². The van der Waals surface area contributed by atoms with E-state index in [0.29, 0.717) is 23.9 Å². The van der Waals surface area contributed by atoms with Crippen molar-refractivity contribution >= 4 is 51.8 Å². The second-order valence-electron chi connectivity index (χ2n) is 7.02. The number of nitriles is 2. The summed E-state index contributed by atoms with van der Waals surface area (Å²) in [6.45, 7) is 4.37. The van der Waals surface area contributed by atoms with Crippen LogP contribution in [-0.4, -0.2) is 17.1 Å². The quantitative estimate of drug-likeness (QED) is 0.293. The zero-order valence-electron chi connectivity index (χ0n) is 17.9. The van der Waals surface area contributed by atoms with Gasteiger partial charge in [0.15, 0.2) is 0 Å². The maximum atomic E-state index is 8.99. The summed E-state index contributed by atoms with van der Waals surface area (Å²) in [6.07, 6.45) is 3.25. The molecular weight excluding hydrogens is 515 g/mol. The molecule has 160 valence electrons. The summed E-state index contributed by atoms with van der Waals surface area (Å²) in [5, 5.41) is 24.4. The first kappa shape index (κ1) is 23.2. The minimum Gasteiger partial charge on any atom is -0.378 e. The Labute approximate surface area is 200 Å². The van der Waals surface area contributed by atoms with E-state index in [1.54, 1.807) is 25.3 Å². The molecule has 0 atom stereocenters. The van der Waals surface area contributed by atoms with Gasteiger partial charge in [0.2, 0.25) is 5.95 Å². The molecule has 0 radical (unpaired) electrons. The lowest BCUT2D eigenvalue weighted by atomic mass is 10.0. The summed E-state index contributed by atoms with van der Waals surface area (Å²) in [5.41, 5.74) is 6.10. The molecule has 0 amide bonds. The topological polar surface area (TPSA) is 107 Å². The van der Waals surface area contributed by atoms with E-state index in [9.17, 15) is 0 Å². The third-order valence-corrected chi connectivity index (χ3v) is 5.75. The van der Waals surface area contributed by atoms with Gasteiger partial charge >= 0.3 is 0 Å². The van der Waals surface area contributed by atoms with Gasteiger partial charge in [-0.1, -0.05) is 0 Å². The number of ether oxygens (including phenoxy) is 1. The molecule has 1 heterocycles. The molecule has 0 spiro atoms. The highest BCUT2D eigenvalue weighted by Gasteiger charge is 2.15. The van der Waals surface area contributed by atoms with Gasteiger partial charge in [0.05, 0.1) is 33.6 Å². The molecule has 3 rings (SSSR count). The van der Waals surface area contributed by atoms with E-state index >= 15 is 0 Å². The molecule has 2 N–H and O–H groups in total. The number of hydrogen-bond acceptors (Lipinski definition) is 7. The molecular formula is C24H21IN6O. The Morgan fingerprint density at radius 1 is 1.06 bits per heavy atom. The number of methoxy groups -OCH3 is 1. The normalized spacial score (nSPS) is 10.6. The average molecular weight is 536 g/mol. The van der Waals surface area contributed by atoms with Crippen molar-refractivity contribution in [2.75, 3.05) is 17.7 Å². The fourth-order valence-electron chi connectivity index (χ4n) is 3.16. The molecule has 1 aromatic heterocycles. The summed E-state index contributed by atoms with van der Waals surface area (Å²) >= 11 is 2.22. The number of aryl methyl sites for hydroxylation is 2. The number of hydrogen-bond donors (Lipinski definition) is 2. The van der Waals surface area contributed by atoms with Gasteiger partial charge in [0, 0.05) is 24.6 Å². The van der Waals surface area contributed by atoms with Gasteiger partial charge in [0.1, 0.15) is 5.82 Å². The number of anilines is 4. The van der Waals surface area contributed by atoms with Gasteiger partial charge in [0.25, 0.3) is 0 Å². The molecule has 7 nitrogen and oxygen atoms in total. The fraction of sp³-hybridized carbons (Fsp3) is 0.167. The number of allylic oxidation sites excluding steroid dienone is 1. The van der Waals surface area contributed by atoms with Crippen LogP contribution < -0.4 is 10.6 Å². The van der Waals surface area contributed by atoms with Crippen LogP contribution in [0.15, 0.2) is 42.5 Å². The molecule has 0 aliphatic heterocycles. The van der Waals surface area contributed by atoms with E-state index < -0.39 is 0 Å². The third kappa shape index (κ3) is 5.61. The Balaban J connectivity index is 1.97. The van der Waals surface area contributed by atoms with Crippen LogP contribution in [0.4, 0.5) is 23.1 Å². The van der Waals surface area contributed by atoms with Crippen molar-refractivity contribution in [2.45, 2.75) is 20.5 Å². The number of rotatable bonds is 7. The van der Waals surface area contributed by atoms with E-state index in [4.69, 9.17) is 15.3 Å². The van der Waals surface area contributed by atoms with Crippen molar-refractivity contribution in [1.29, 1.82) is 10.5 Å². The predicted molar refractivity (Wildman–Crippen MR) is 134 cm³/mol. The second kappa shape index (κ2) is 10.7. The Morgan fingerprint density at radius 2 is 1.75 bits per heavy atom. The van der Waals surface area contributed by atoms with Crippen LogP contribution in [0, 0.1) is 40.1 Å². The lowest BCUT2D eigenvalue weighted by Gasteiger charge is -2.17. The minimum absolute atomic E-state index is 0.341. The Morgan fingerprint density at radius 3 is 2.34 bits per heavy atom. The van der Waals surface area contributed by atoms with Gasteiger partial charge in [-0.25, -0.2) is 4.98 Å². The van der Waals surface area contributed by atoms with E-state index in [2.05, 4.69) is 49.3 Å². The highest BCUT2D eigenvalue weighted by Crippen LogP contribution is 2.30. The van der Waals surface area contributed by atoms with Crippen molar-refractivity contribution in [3.05, 3.63) is 74.0 Å². The summed E-state index contributed by atoms with van der Waals surface area (Å²) in [4.78, 5) is 9.28. The third-order valence-electron chi connectivity index (χ3n) is 4.62. The molecule has 0 aliphatic rings. The second-order valence-corrected chi connectivity index (χ2v) is 8.10. The molecule has 0 saturated carbocycles. The molecule has 0 bridgehead atoms. The number of nitrogens with one attached hydrogen (secondary N) is 2.